The van der Waals surface area contributed by atoms with E-state index < -0.39 is 82.1 Å². The lowest BCUT2D eigenvalue weighted by atomic mass is 9.50. The van der Waals surface area contributed by atoms with E-state index in [-0.39, 0.29) is 79.4 Å². The molecule has 2 saturated heterocycles. The Kier molecular flexibility index (Phi) is 17.6. The molecule has 3 aromatic rings. The van der Waals surface area contributed by atoms with Crippen molar-refractivity contribution < 1.29 is 63.9 Å². The number of hydrogen-bond acceptors (Lipinski definition) is 17. The van der Waals surface area contributed by atoms with Crippen LogP contribution in [0.15, 0.2) is 65.3 Å². The number of aliphatic hydroxyl groups is 7. The maximum Gasteiger partial charge on any atom is 0.306 e. The molecular formula is C63H90N2O13S2. The Morgan fingerprint density at radius 1 is 0.925 bits per heavy atom. The van der Waals surface area contributed by atoms with E-state index in [0.29, 0.717) is 47.8 Å². The number of furan rings is 1. The van der Waals surface area contributed by atoms with Crippen molar-refractivity contribution in [2.75, 3.05) is 45.7 Å². The van der Waals surface area contributed by atoms with Gasteiger partial charge in [-0.2, -0.15) is 0 Å². The minimum atomic E-state index is -2.50. The number of hydrogen-bond donors (Lipinski definition) is 9. The molecule has 11 rings (SSSR count). The standard InChI is InChI=1S/C63H90N2O13S2/c1-4-74-51(69)18-15-43-32-44-22-29-75-53(44)55-54(43)77-57-63(73)52-45(14-16-47(67)46(52)37-66)35-61(72,56(63)70)62(78-57)38-79-80-60(49(65-28-30-76-55)17-13-39(2)9-8-12-50(62)68)27-26-58(23-19-42(33-58)36-64-3)48(60)21-25-59(71)24-20-41(34-59)31-40-10-6-5-7-11-40/h5-7,10-11,14,16,22,29,32,39,41-42,45-50,52,56-57,64-68,70-73H,4,8-9,12-13,15,17-21,23-28,30-31,33-38H2,1-3H3/t39-,41-,42+,45+,46-,47+,48-,49+,50-,52+,56+,57-,58+,59-,60+,61+,62-,63-/m1/s1. The quantitative estimate of drug-likeness (QED) is 0.0478. The Balaban J connectivity index is 1.05. The van der Waals surface area contributed by atoms with Crippen LogP contribution in [-0.2, 0) is 27.1 Å². The number of ether oxygens (including phenoxy) is 4. The highest BCUT2D eigenvalue weighted by Crippen LogP contribution is 2.69. The molecule has 3 spiro atoms. The van der Waals surface area contributed by atoms with Crippen LogP contribution in [0.3, 0.4) is 0 Å². The third kappa shape index (κ3) is 10.6. The molecule has 15 nitrogen and oxygen atoms in total. The van der Waals surface area contributed by atoms with Crippen LogP contribution in [0.25, 0.3) is 11.0 Å². The number of esters is 1. The molecule has 8 aliphatic rings. The summed E-state index contributed by atoms with van der Waals surface area (Å²) in [5.41, 5.74) is -5.35. The van der Waals surface area contributed by atoms with Crippen molar-refractivity contribution in [2.45, 2.75) is 194 Å². The van der Waals surface area contributed by atoms with Crippen molar-refractivity contribution in [2.24, 2.45) is 46.8 Å². The summed E-state index contributed by atoms with van der Waals surface area (Å²) in [6.45, 7) is 5.25. The van der Waals surface area contributed by atoms with Gasteiger partial charge in [0.15, 0.2) is 16.9 Å². The summed E-state index contributed by atoms with van der Waals surface area (Å²) >= 11 is 0. The molecule has 0 unspecified atom stereocenters. The monoisotopic (exact) mass is 1150 g/mol. The van der Waals surface area contributed by atoms with Gasteiger partial charge < -0.3 is 69.7 Å². The van der Waals surface area contributed by atoms with Crippen LogP contribution in [0, 0.1) is 46.8 Å². The highest BCUT2D eigenvalue weighted by Gasteiger charge is 2.78. The van der Waals surface area contributed by atoms with Crippen molar-refractivity contribution in [3.63, 3.8) is 0 Å². The third-order valence-electron chi connectivity index (χ3n) is 21.4. The van der Waals surface area contributed by atoms with Gasteiger partial charge in [0.25, 0.3) is 0 Å². The molecule has 4 saturated carbocycles. The number of allylic oxidation sites excluding steroid dienone is 1. The second-order valence-corrected chi connectivity index (χ2v) is 28.7. The fourth-order valence-electron chi connectivity index (χ4n) is 17.5. The Bertz CT molecular complexity index is 2650. The van der Waals surface area contributed by atoms with Gasteiger partial charge in [-0.1, -0.05) is 83.8 Å². The second-order valence-electron chi connectivity index (χ2n) is 26.1. The number of aryl methyl sites for hydroxylation is 1. The fraction of sp³-hybridized carbons (Fsp3) is 0.730. The Hall–Kier alpha value is -2.91. The van der Waals surface area contributed by atoms with E-state index >= 15 is 0 Å². The number of benzene rings is 2. The molecule has 2 aromatic carbocycles. The predicted octanol–water partition coefficient (Wildman–Crippen LogP) is 7.80. The van der Waals surface area contributed by atoms with E-state index in [9.17, 15) is 40.5 Å². The maximum atomic E-state index is 13.8. The van der Waals surface area contributed by atoms with Crippen LogP contribution in [0.4, 0.5) is 0 Å². The molecule has 1 aromatic heterocycles. The van der Waals surface area contributed by atoms with Crippen LogP contribution in [0.2, 0.25) is 0 Å². The molecule has 18 atom stereocenters. The van der Waals surface area contributed by atoms with Gasteiger partial charge in [0.1, 0.15) is 23.9 Å². The molecule has 9 N–H and O–H groups in total. The lowest BCUT2D eigenvalue weighted by Gasteiger charge is -2.67. The van der Waals surface area contributed by atoms with E-state index in [2.05, 4.69) is 47.9 Å². The van der Waals surface area contributed by atoms with Crippen molar-refractivity contribution in [3.05, 3.63) is 72.0 Å². The van der Waals surface area contributed by atoms with Crippen molar-refractivity contribution in [1.29, 1.82) is 0 Å². The summed E-state index contributed by atoms with van der Waals surface area (Å²) in [6, 6.07) is 14.3. The van der Waals surface area contributed by atoms with Gasteiger partial charge in [-0.15, -0.1) is 0 Å². The van der Waals surface area contributed by atoms with Gasteiger partial charge in [0.05, 0.1) is 30.7 Å². The molecule has 0 amide bonds. The first kappa shape index (κ1) is 58.8. The molecule has 80 heavy (non-hydrogen) atoms. The molecule has 3 aliphatic heterocycles. The predicted molar refractivity (Wildman–Crippen MR) is 309 cm³/mol. The first-order chi connectivity index (χ1) is 38.5. The van der Waals surface area contributed by atoms with Gasteiger partial charge in [0.2, 0.25) is 12.0 Å². The zero-order chi connectivity index (χ0) is 56.1. The fourth-order valence-corrected chi connectivity index (χ4v) is 21.7. The SMILES string of the molecule is CCOC(=O)CCc1cc2ccoc2c2c1O[C@@H]1O[C@@]3(CSS[C@]4(CC[C@]5(CC[C@H](CNC)C5)[C@H]4CC[C@]4(O)CC[C@H](Cc5ccccc5)C4)[C@H](CC[C@H](C)CCC[C@H]3O)NCCO2)[C@]2(O)C[C@@H]3C=C[C@H](O)[C@@H](CO)[C@H]3[C@@]1(O)[C@H]2O. The van der Waals surface area contributed by atoms with Crippen LogP contribution in [0.1, 0.15) is 134 Å². The molecule has 4 heterocycles. The van der Waals surface area contributed by atoms with Gasteiger partial charge >= 0.3 is 5.97 Å². The molecule has 17 heteroatoms. The number of carbonyl (C=O) groups excluding carboxylic acids is 1. The van der Waals surface area contributed by atoms with E-state index in [4.69, 9.17) is 23.4 Å². The van der Waals surface area contributed by atoms with Crippen LogP contribution < -0.4 is 20.1 Å². The van der Waals surface area contributed by atoms with Crippen molar-refractivity contribution >= 4 is 38.5 Å². The van der Waals surface area contributed by atoms with Gasteiger partial charge in [-0.25, -0.2) is 0 Å². The Morgan fingerprint density at radius 3 is 2.55 bits per heavy atom. The summed E-state index contributed by atoms with van der Waals surface area (Å²) in [4.78, 5) is 13.1. The van der Waals surface area contributed by atoms with Crippen molar-refractivity contribution in [1.82, 2.24) is 10.6 Å². The summed E-state index contributed by atoms with van der Waals surface area (Å²) in [5, 5.41) is 97.7. The van der Waals surface area contributed by atoms with Gasteiger partial charge in [-0.3, -0.25) is 4.79 Å². The van der Waals surface area contributed by atoms with Crippen LogP contribution in [0.5, 0.6) is 11.5 Å². The lowest BCUT2D eigenvalue weighted by Crippen LogP contribution is -2.86. The smallest absolute Gasteiger partial charge is 0.306 e. The summed E-state index contributed by atoms with van der Waals surface area (Å²) < 4.78 is 32.7. The average Bonchev–Trinajstić information content (AvgIpc) is 4.24. The number of rotatable bonds is 12. The summed E-state index contributed by atoms with van der Waals surface area (Å²) in [7, 11) is 5.45. The van der Waals surface area contributed by atoms with Crippen LogP contribution in [-0.4, -0.2) is 145 Å². The highest BCUT2D eigenvalue weighted by atomic mass is 33.1. The first-order valence-corrected chi connectivity index (χ1v) is 32.7. The number of nitrogens with one attached hydrogen (secondary N) is 2. The number of aliphatic hydroxyl groups excluding tert-OH is 4. The molecule has 6 fully saturated rings. The van der Waals surface area contributed by atoms with E-state index in [1.54, 1.807) is 36.1 Å². The van der Waals surface area contributed by atoms with E-state index in [1.165, 1.54) is 5.56 Å². The van der Waals surface area contributed by atoms with Gasteiger partial charge in [-0.05, 0) is 182 Å². The molecule has 442 valence electrons. The largest absolute Gasteiger partial charge is 0.485 e. The average molecular weight is 1150 g/mol. The Morgan fingerprint density at radius 2 is 1.75 bits per heavy atom. The number of fused-ring (bicyclic) bond motifs is 11. The molecule has 5 aliphatic carbocycles. The van der Waals surface area contributed by atoms with Crippen molar-refractivity contribution in [3.8, 4) is 11.5 Å². The molecular weight excluding hydrogens is 1060 g/mol. The second kappa shape index (κ2) is 23.9. The zero-order valence-electron chi connectivity index (χ0n) is 47.3. The Labute approximate surface area is 480 Å². The normalized spacial score (nSPS) is 42.0. The first-order valence-electron chi connectivity index (χ1n) is 30.4. The summed E-state index contributed by atoms with van der Waals surface area (Å²) in [6.07, 6.45) is 12.2. The zero-order valence-corrected chi connectivity index (χ0v) is 48.9. The lowest BCUT2D eigenvalue weighted by molar-refractivity contribution is -0.424. The minimum Gasteiger partial charge on any atom is -0.485 e. The topological polar surface area (TPSA) is 233 Å². The van der Waals surface area contributed by atoms with E-state index in [0.717, 1.165) is 90.0 Å². The minimum absolute atomic E-state index is 0.00298. The highest BCUT2D eigenvalue weighted by molar-refractivity contribution is 8.77. The van der Waals surface area contributed by atoms with E-state index in [1.807, 2.05) is 30.0 Å². The molecule has 0 radical (unpaired) electrons. The van der Waals surface area contributed by atoms with Crippen LogP contribution >= 0.6 is 21.6 Å². The summed E-state index contributed by atoms with van der Waals surface area (Å²) in [5.74, 6) is -1.53. The third-order valence-corrected chi connectivity index (χ3v) is 24.8. The maximum absolute atomic E-state index is 13.8. The van der Waals surface area contributed by atoms with Gasteiger partial charge in [0, 0.05) is 53.3 Å². The number of carbonyl (C=O) groups is 1. The molecule has 5 bridgehead atoms.